The Labute approximate surface area is 329 Å². The van der Waals surface area contributed by atoms with Gasteiger partial charge in [0.05, 0.1) is 73.5 Å². The van der Waals surface area contributed by atoms with Gasteiger partial charge in [-0.25, -0.2) is 0 Å². The average molecular weight is 795 g/mol. The zero-order valence-electron chi connectivity index (χ0n) is 33.7. The summed E-state index contributed by atoms with van der Waals surface area (Å²) < 4.78 is 66.9. The van der Waals surface area contributed by atoms with Gasteiger partial charge in [-0.05, 0) is 69.8 Å². The number of rotatable bonds is 8. The predicted molar refractivity (Wildman–Crippen MR) is 194 cm³/mol. The summed E-state index contributed by atoms with van der Waals surface area (Å²) in [7, 11) is 3.16. The van der Waals surface area contributed by atoms with E-state index in [1.165, 1.54) is 5.57 Å². The molecule has 5 saturated heterocycles. The number of esters is 1. The summed E-state index contributed by atoms with van der Waals surface area (Å²) in [6.45, 7) is 9.89. The first kappa shape index (κ1) is 41.0. The standard InChI is InChI=1S/C41H62O15/c1-19-36(44)29(46-6)14-34(50-19)55-37-20(2)51-32(13-26(37)42)56-38-21(3)52-33(15-30(38)47-7)53-28-12-23-9-10-24-25(40(23,4)16-27(28)43)11-8-22-17-48-41(5)35(22)31(18-49-41)54-39(24)45/h9,17,19-21,24-38,42-44H,8,10-16,18H2,1-7H3/t19-,20+,21+,24+,25-,26-,27+,28+,29+,30+,31+,32-,33-,34-,35+,36-,37+,38+,40-,41-/m0/s1. The molecule has 0 spiro atoms. The molecule has 6 aliphatic heterocycles. The van der Waals surface area contributed by atoms with Crippen molar-refractivity contribution in [1.29, 1.82) is 0 Å². The SMILES string of the molecule is CO[C@@H]1C[C@H](O[C@H]2[C@@H](O)C[C@H](O[C@@H]3[C@@H](C)O[C@@H](O[C@@H]4CC5=CC[C@H]6C(=O)O[C@@H]7CO[C@]8(C)OC=C(CC[C@@H]6[C@@]5(C)C[C@H]4O)[C@H]78)C[C@H]3OC)O[C@@H]2C)O[C@@H](C)[C@@H]1O. The summed E-state index contributed by atoms with van der Waals surface area (Å²) in [6.07, 6.45) is -0.916. The molecule has 0 bridgehead atoms. The number of methoxy groups -OCH3 is 2. The minimum absolute atomic E-state index is 0.00811. The van der Waals surface area contributed by atoms with Crippen LogP contribution >= 0.6 is 0 Å². The molecule has 0 aromatic heterocycles. The van der Waals surface area contributed by atoms with Gasteiger partial charge < -0.3 is 67.4 Å². The number of fused-ring (bicyclic) bond motifs is 3. The van der Waals surface area contributed by atoms with Crippen molar-refractivity contribution in [3.63, 3.8) is 0 Å². The number of aliphatic hydroxyl groups excluding tert-OH is 3. The molecule has 8 rings (SSSR count). The highest BCUT2D eigenvalue weighted by Gasteiger charge is 2.59. The number of aliphatic hydroxyl groups is 3. The smallest absolute Gasteiger partial charge is 0.309 e. The van der Waals surface area contributed by atoms with E-state index in [0.717, 1.165) is 18.4 Å². The lowest BCUT2D eigenvalue weighted by Gasteiger charge is -2.52. The Morgan fingerprint density at radius 1 is 0.804 bits per heavy atom. The molecule has 0 aromatic rings. The third kappa shape index (κ3) is 7.51. The highest BCUT2D eigenvalue weighted by atomic mass is 16.7. The van der Waals surface area contributed by atoms with Gasteiger partial charge in [0.2, 0.25) is 5.79 Å². The van der Waals surface area contributed by atoms with Gasteiger partial charge in [-0.1, -0.05) is 18.6 Å². The summed E-state index contributed by atoms with van der Waals surface area (Å²) in [5.74, 6) is -1.40. The van der Waals surface area contributed by atoms with Gasteiger partial charge in [0.1, 0.15) is 24.4 Å². The Bertz CT molecular complexity index is 1480. The quantitative estimate of drug-likeness (QED) is 0.241. The fraction of sp³-hybridized carbons (Fsp3) is 0.878. The highest BCUT2D eigenvalue weighted by molar-refractivity contribution is 5.74. The molecule has 8 aliphatic rings. The Balaban J connectivity index is 0.868. The van der Waals surface area contributed by atoms with Crippen molar-refractivity contribution < 1.29 is 72.2 Å². The van der Waals surface area contributed by atoms with Gasteiger partial charge in [0.25, 0.3) is 0 Å². The zero-order chi connectivity index (χ0) is 39.7. The van der Waals surface area contributed by atoms with E-state index in [1.807, 2.05) is 20.8 Å². The minimum atomic E-state index is -0.897. The second-order valence-corrected chi connectivity index (χ2v) is 17.7. The van der Waals surface area contributed by atoms with Crippen LogP contribution in [-0.2, 0) is 56.9 Å². The maximum atomic E-state index is 13.7. The number of hydrogen-bond acceptors (Lipinski definition) is 15. The van der Waals surface area contributed by atoms with Crippen LogP contribution in [-0.4, -0.2) is 140 Å². The lowest BCUT2D eigenvalue weighted by Crippen LogP contribution is -2.57. The van der Waals surface area contributed by atoms with E-state index in [0.29, 0.717) is 38.7 Å². The predicted octanol–water partition coefficient (Wildman–Crippen LogP) is 3.00. The summed E-state index contributed by atoms with van der Waals surface area (Å²) in [4.78, 5) is 13.7. The van der Waals surface area contributed by atoms with E-state index < -0.39 is 97.2 Å². The largest absolute Gasteiger partial charge is 0.469 e. The summed E-state index contributed by atoms with van der Waals surface area (Å²) in [5, 5.41) is 33.2. The maximum Gasteiger partial charge on any atom is 0.309 e. The van der Waals surface area contributed by atoms with Gasteiger partial charge in [-0.15, -0.1) is 0 Å². The number of carbonyl (C=O) groups excluding carboxylic acids is 1. The van der Waals surface area contributed by atoms with E-state index in [2.05, 4.69) is 13.0 Å². The van der Waals surface area contributed by atoms with Crippen LogP contribution in [0.15, 0.2) is 23.5 Å². The monoisotopic (exact) mass is 794 g/mol. The van der Waals surface area contributed by atoms with Crippen LogP contribution in [0.3, 0.4) is 0 Å². The second kappa shape index (κ2) is 16.0. The number of ether oxygens (including phenoxy) is 11. The second-order valence-electron chi connectivity index (χ2n) is 17.7. The zero-order valence-corrected chi connectivity index (χ0v) is 33.7. The molecule has 56 heavy (non-hydrogen) atoms. The first-order valence-corrected chi connectivity index (χ1v) is 20.6. The molecule has 15 heteroatoms. The molecule has 6 heterocycles. The fourth-order valence-corrected chi connectivity index (χ4v) is 11.1. The summed E-state index contributed by atoms with van der Waals surface area (Å²) in [5.41, 5.74) is 1.92. The molecule has 2 aliphatic carbocycles. The van der Waals surface area contributed by atoms with Gasteiger partial charge in [0, 0.05) is 40.4 Å². The van der Waals surface area contributed by atoms with Gasteiger partial charge in [0.15, 0.2) is 18.9 Å². The molecule has 1 saturated carbocycles. The Morgan fingerprint density at radius 2 is 1.46 bits per heavy atom. The van der Waals surface area contributed by atoms with Crippen molar-refractivity contribution in [2.75, 3.05) is 20.8 Å². The number of hydrogen-bond donors (Lipinski definition) is 3. The minimum Gasteiger partial charge on any atom is -0.469 e. The topological polar surface area (TPSA) is 179 Å². The fourth-order valence-electron chi connectivity index (χ4n) is 11.1. The van der Waals surface area contributed by atoms with E-state index in [1.54, 1.807) is 27.4 Å². The molecule has 3 N–H and O–H groups in total. The van der Waals surface area contributed by atoms with Crippen LogP contribution in [0.1, 0.15) is 86.0 Å². The highest BCUT2D eigenvalue weighted by Crippen LogP contribution is 2.57. The molecule has 6 fully saturated rings. The summed E-state index contributed by atoms with van der Waals surface area (Å²) >= 11 is 0. The van der Waals surface area contributed by atoms with Crippen molar-refractivity contribution >= 4 is 5.97 Å². The van der Waals surface area contributed by atoms with E-state index in [-0.39, 0.29) is 36.2 Å². The number of allylic oxidation sites excluding steroid dienone is 1. The normalized spacial score (nSPS) is 51.9. The lowest BCUT2D eigenvalue weighted by molar-refractivity contribution is -0.338. The Morgan fingerprint density at radius 3 is 2.20 bits per heavy atom. The molecule has 15 nitrogen and oxygen atoms in total. The molecule has 0 unspecified atom stereocenters. The van der Waals surface area contributed by atoms with Crippen LogP contribution in [0.5, 0.6) is 0 Å². The number of carbonyl (C=O) groups is 1. The molecular formula is C41H62O15. The third-order valence-corrected chi connectivity index (χ3v) is 14.2. The Hall–Kier alpha value is -1.73. The van der Waals surface area contributed by atoms with Crippen molar-refractivity contribution in [3.8, 4) is 0 Å². The molecule has 20 atom stereocenters. The van der Waals surface area contributed by atoms with Crippen LogP contribution in [0, 0.1) is 23.2 Å². The molecule has 316 valence electrons. The van der Waals surface area contributed by atoms with E-state index in [4.69, 9.17) is 52.1 Å². The van der Waals surface area contributed by atoms with E-state index in [9.17, 15) is 20.1 Å². The third-order valence-electron chi connectivity index (χ3n) is 14.2. The van der Waals surface area contributed by atoms with Crippen molar-refractivity contribution in [2.45, 2.75) is 184 Å². The first-order chi connectivity index (χ1) is 26.7. The van der Waals surface area contributed by atoms with Crippen LogP contribution in [0.25, 0.3) is 0 Å². The van der Waals surface area contributed by atoms with Crippen molar-refractivity contribution in [1.82, 2.24) is 0 Å². The first-order valence-electron chi connectivity index (χ1n) is 20.6. The average Bonchev–Trinajstić information content (AvgIpc) is 3.67. The maximum absolute atomic E-state index is 13.7. The van der Waals surface area contributed by atoms with Gasteiger partial charge in [-0.3, -0.25) is 4.79 Å². The molecule has 0 amide bonds. The Kier molecular flexibility index (Phi) is 11.7. The van der Waals surface area contributed by atoms with Gasteiger partial charge in [-0.2, -0.15) is 0 Å². The molecular weight excluding hydrogens is 732 g/mol. The van der Waals surface area contributed by atoms with Crippen molar-refractivity contribution in [3.05, 3.63) is 23.5 Å². The molecule has 0 radical (unpaired) electrons. The van der Waals surface area contributed by atoms with Crippen LogP contribution in [0.2, 0.25) is 0 Å². The van der Waals surface area contributed by atoms with E-state index >= 15 is 0 Å². The van der Waals surface area contributed by atoms with Crippen LogP contribution in [0.4, 0.5) is 0 Å². The van der Waals surface area contributed by atoms with Crippen molar-refractivity contribution in [2.24, 2.45) is 23.2 Å². The lowest BCUT2D eigenvalue weighted by atomic mass is 9.55. The van der Waals surface area contributed by atoms with Crippen LogP contribution < -0.4 is 0 Å². The summed E-state index contributed by atoms with van der Waals surface area (Å²) in [6, 6.07) is 0. The molecule has 0 aromatic carbocycles. The van der Waals surface area contributed by atoms with Gasteiger partial charge >= 0.3 is 5.97 Å².